The lowest BCUT2D eigenvalue weighted by Crippen LogP contribution is -2.23. The van der Waals surface area contributed by atoms with Crippen LogP contribution in [0.3, 0.4) is 0 Å². The molecule has 0 aliphatic heterocycles. The second-order valence-corrected chi connectivity index (χ2v) is 5.71. The number of nitrogens with zero attached hydrogens (tertiary/aromatic N) is 1. The maximum Gasteiger partial charge on any atom is 0.281 e. The van der Waals surface area contributed by atoms with Gasteiger partial charge in [-0.15, -0.1) is 0 Å². The van der Waals surface area contributed by atoms with Crippen molar-refractivity contribution in [3.8, 4) is 11.1 Å². The molecule has 0 atom stereocenters. The van der Waals surface area contributed by atoms with Gasteiger partial charge in [-0.3, -0.25) is 19.7 Å². The van der Waals surface area contributed by atoms with Crippen molar-refractivity contribution in [3.63, 3.8) is 0 Å². The Labute approximate surface area is 142 Å². The zero-order valence-corrected chi connectivity index (χ0v) is 12.9. The smallest absolute Gasteiger partial charge is 0.281 e. The van der Waals surface area contributed by atoms with Crippen LogP contribution < -0.4 is 0 Å². The Bertz CT molecular complexity index is 1050. The van der Waals surface area contributed by atoms with Crippen molar-refractivity contribution in [3.05, 3.63) is 99.1 Å². The third-order valence-electron chi connectivity index (χ3n) is 4.33. The van der Waals surface area contributed by atoms with E-state index in [2.05, 4.69) is 0 Å². The minimum absolute atomic E-state index is 0.0788. The van der Waals surface area contributed by atoms with Gasteiger partial charge in [0.15, 0.2) is 5.78 Å². The summed E-state index contributed by atoms with van der Waals surface area (Å²) in [7, 11) is 0. The molecule has 0 N–H and O–H groups in total. The second-order valence-electron chi connectivity index (χ2n) is 5.71. The van der Waals surface area contributed by atoms with Gasteiger partial charge in [0.1, 0.15) is 5.56 Å². The molecule has 25 heavy (non-hydrogen) atoms. The van der Waals surface area contributed by atoms with Crippen LogP contribution in [0.5, 0.6) is 0 Å². The van der Waals surface area contributed by atoms with Gasteiger partial charge in [-0.1, -0.05) is 54.6 Å². The van der Waals surface area contributed by atoms with Crippen molar-refractivity contribution in [2.75, 3.05) is 0 Å². The van der Waals surface area contributed by atoms with E-state index in [0.717, 1.165) is 5.56 Å². The van der Waals surface area contributed by atoms with Crippen molar-refractivity contribution in [2.24, 2.45) is 0 Å². The number of benzene rings is 3. The summed E-state index contributed by atoms with van der Waals surface area (Å²) in [5.74, 6) is -0.859. The van der Waals surface area contributed by atoms with Crippen molar-refractivity contribution >= 4 is 17.3 Å². The molecule has 0 aromatic heterocycles. The lowest BCUT2D eigenvalue weighted by Gasteiger charge is -2.20. The number of nitro benzene ring substituents is 1. The first-order chi connectivity index (χ1) is 12.1. The van der Waals surface area contributed by atoms with Crippen LogP contribution in [0.25, 0.3) is 11.1 Å². The zero-order chi connectivity index (χ0) is 17.6. The summed E-state index contributed by atoms with van der Waals surface area (Å²) in [4.78, 5) is 36.6. The molecule has 4 rings (SSSR count). The van der Waals surface area contributed by atoms with E-state index in [1.807, 2.05) is 30.3 Å². The molecule has 1 aliphatic rings. The number of hydrogen-bond donors (Lipinski definition) is 0. The summed E-state index contributed by atoms with van der Waals surface area (Å²) in [6, 6.07) is 18.4. The fourth-order valence-corrected chi connectivity index (χ4v) is 3.23. The third kappa shape index (κ3) is 2.17. The highest BCUT2D eigenvalue weighted by Crippen LogP contribution is 2.37. The minimum atomic E-state index is -0.629. The maximum absolute atomic E-state index is 13.0. The summed E-state index contributed by atoms with van der Waals surface area (Å²) < 4.78 is 0. The van der Waals surface area contributed by atoms with E-state index in [1.165, 1.54) is 18.2 Å². The van der Waals surface area contributed by atoms with Gasteiger partial charge in [0.05, 0.1) is 4.92 Å². The molecule has 0 saturated heterocycles. The predicted molar refractivity (Wildman–Crippen MR) is 91.8 cm³/mol. The highest BCUT2D eigenvalue weighted by molar-refractivity contribution is 6.31. The maximum atomic E-state index is 13.0. The van der Waals surface area contributed by atoms with Crippen LogP contribution in [0.2, 0.25) is 0 Å². The molecule has 3 aromatic rings. The Balaban J connectivity index is 2.02. The molecule has 0 radical (unpaired) electrons. The number of nitro groups is 1. The van der Waals surface area contributed by atoms with E-state index in [1.54, 1.807) is 18.2 Å². The van der Waals surface area contributed by atoms with Crippen molar-refractivity contribution < 1.29 is 14.5 Å². The molecule has 0 amide bonds. The summed E-state index contributed by atoms with van der Waals surface area (Å²) in [6.07, 6.45) is 0. The molecule has 0 heterocycles. The average Bonchev–Trinajstić information content (AvgIpc) is 2.65. The number of carbonyl (C=O) groups excluding carboxylic acids is 2. The Morgan fingerprint density at radius 3 is 1.88 bits per heavy atom. The molecule has 120 valence electrons. The highest BCUT2D eigenvalue weighted by Gasteiger charge is 2.36. The van der Waals surface area contributed by atoms with Crippen LogP contribution in [0.1, 0.15) is 31.8 Å². The first-order valence-corrected chi connectivity index (χ1v) is 7.65. The van der Waals surface area contributed by atoms with Crippen LogP contribution in [0.15, 0.2) is 66.7 Å². The molecule has 1 aliphatic carbocycles. The molecule has 0 unspecified atom stereocenters. The van der Waals surface area contributed by atoms with Gasteiger partial charge in [0.2, 0.25) is 5.78 Å². The van der Waals surface area contributed by atoms with Crippen molar-refractivity contribution in [1.82, 2.24) is 0 Å². The van der Waals surface area contributed by atoms with Crippen LogP contribution in [0, 0.1) is 10.1 Å². The van der Waals surface area contributed by atoms with Crippen molar-refractivity contribution in [1.29, 1.82) is 0 Å². The van der Waals surface area contributed by atoms with E-state index in [0.29, 0.717) is 11.1 Å². The van der Waals surface area contributed by atoms with Crippen LogP contribution >= 0.6 is 0 Å². The van der Waals surface area contributed by atoms with Gasteiger partial charge in [-0.2, -0.15) is 0 Å². The standard InChI is InChI=1S/C20H11NO4/c22-19-15-10-5-11-16(21(24)25)18(15)20(23)14-9-4-8-13(17(14)19)12-6-2-1-3-7-12/h1-11H. The monoisotopic (exact) mass is 329 g/mol. The Kier molecular flexibility index (Phi) is 3.28. The SMILES string of the molecule is O=C1c2cccc([N+](=O)[O-])c2C(=O)c2cccc(-c3ccccc3)c21. The Morgan fingerprint density at radius 1 is 0.640 bits per heavy atom. The van der Waals surface area contributed by atoms with Crippen LogP contribution in [-0.4, -0.2) is 16.5 Å². The molecule has 0 bridgehead atoms. The minimum Gasteiger partial charge on any atom is -0.289 e. The van der Waals surface area contributed by atoms with Gasteiger partial charge < -0.3 is 0 Å². The number of rotatable bonds is 2. The normalized spacial score (nSPS) is 12.5. The second kappa shape index (κ2) is 5.49. The summed E-state index contributed by atoms with van der Waals surface area (Å²) >= 11 is 0. The topological polar surface area (TPSA) is 77.3 Å². The summed E-state index contributed by atoms with van der Waals surface area (Å²) in [5, 5.41) is 11.3. The molecule has 0 saturated carbocycles. The summed E-state index contributed by atoms with van der Waals surface area (Å²) in [6.45, 7) is 0. The first kappa shape index (κ1) is 15.0. The van der Waals surface area contributed by atoms with E-state index >= 15 is 0 Å². The largest absolute Gasteiger partial charge is 0.289 e. The molecular formula is C20H11NO4. The van der Waals surface area contributed by atoms with Crippen molar-refractivity contribution in [2.45, 2.75) is 0 Å². The van der Waals surface area contributed by atoms with Gasteiger partial charge >= 0.3 is 0 Å². The van der Waals surface area contributed by atoms with Gasteiger partial charge in [0.25, 0.3) is 5.69 Å². The molecule has 3 aromatic carbocycles. The number of ketones is 2. The molecule has 5 heteroatoms. The Morgan fingerprint density at radius 2 is 1.20 bits per heavy atom. The fraction of sp³-hybridized carbons (Fsp3) is 0. The third-order valence-corrected chi connectivity index (χ3v) is 4.33. The fourth-order valence-electron chi connectivity index (χ4n) is 3.23. The highest BCUT2D eigenvalue weighted by atomic mass is 16.6. The van der Waals surface area contributed by atoms with Gasteiger partial charge in [0, 0.05) is 22.8 Å². The van der Waals surface area contributed by atoms with Crippen LogP contribution in [0.4, 0.5) is 5.69 Å². The average molecular weight is 329 g/mol. The molecule has 0 spiro atoms. The number of hydrogen-bond acceptors (Lipinski definition) is 4. The number of fused-ring (bicyclic) bond motifs is 2. The lowest BCUT2D eigenvalue weighted by atomic mass is 9.80. The van der Waals surface area contributed by atoms with Crippen LogP contribution in [-0.2, 0) is 0 Å². The molecule has 0 fully saturated rings. The molecular weight excluding hydrogens is 318 g/mol. The lowest BCUT2D eigenvalue weighted by molar-refractivity contribution is -0.385. The predicted octanol–water partition coefficient (Wildman–Crippen LogP) is 4.04. The zero-order valence-electron chi connectivity index (χ0n) is 12.9. The Hall–Kier alpha value is -3.60. The first-order valence-electron chi connectivity index (χ1n) is 7.65. The molecule has 5 nitrogen and oxygen atoms in total. The van der Waals surface area contributed by atoms with Gasteiger partial charge in [-0.25, -0.2) is 0 Å². The van der Waals surface area contributed by atoms with E-state index < -0.39 is 10.7 Å². The van der Waals surface area contributed by atoms with E-state index in [9.17, 15) is 19.7 Å². The quantitative estimate of drug-likeness (QED) is 0.411. The number of carbonyl (C=O) groups is 2. The summed E-state index contributed by atoms with van der Waals surface area (Å²) in [5.41, 5.74) is 1.57. The van der Waals surface area contributed by atoms with Gasteiger partial charge in [-0.05, 0) is 17.2 Å². The van der Waals surface area contributed by atoms with E-state index in [4.69, 9.17) is 0 Å². The van der Waals surface area contributed by atoms with E-state index in [-0.39, 0.29) is 28.2 Å².